The van der Waals surface area contributed by atoms with Gasteiger partial charge in [-0.3, -0.25) is 4.79 Å². The third kappa shape index (κ3) is 5.44. The van der Waals surface area contributed by atoms with Crippen molar-refractivity contribution in [3.63, 3.8) is 0 Å². The lowest BCUT2D eigenvalue weighted by atomic mass is 9.97. The average molecular weight is 375 g/mol. The fourth-order valence-corrected chi connectivity index (χ4v) is 4.39. The summed E-state index contributed by atoms with van der Waals surface area (Å²) >= 11 is 5.82. The van der Waals surface area contributed by atoms with Crippen molar-refractivity contribution in [3.05, 3.63) is 34.9 Å². The van der Waals surface area contributed by atoms with Gasteiger partial charge in [0.1, 0.15) is 0 Å². The molecule has 0 radical (unpaired) electrons. The third-order valence-electron chi connectivity index (χ3n) is 4.09. The van der Waals surface area contributed by atoms with Crippen molar-refractivity contribution in [1.29, 1.82) is 0 Å². The summed E-state index contributed by atoms with van der Waals surface area (Å²) in [7, 11) is -1.80. The highest BCUT2D eigenvalue weighted by molar-refractivity contribution is 7.88. The molecule has 0 bridgehead atoms. The monoisotopic (exact) mass is 374 g/mol. The first kappa shape index (κ1) is 19.2. The van der Waals surface area contributed by atoms with Gasteiger partial charge < -0.3 is 10.1 Å². The molecule has 24 heavy (non-hydrogen) atoms. The second-order valence-corrected chi connectivity index (χ2v) is 8.25. The van der Waals surface area contributed by atoms with Crippen molar-refractivity contribution in [2.24, 2.45) is 5.92 Å². The Morgan fingerprint density at radius 3 is 2.50 bits per heavy atom. The summed E-state index contributed by atoms with van der Waals surface area (Å²) in [5.74, 6) is -0.208. The Morgan fingerprint density at radius 1 is 1.29 bits per heavy atom. The van der Waals surface area contributed by atoms with E-state index in [1.807, 2.05) is 0 Å². The predicted octanol–water partition coefficient (Wildman–Crippen LogP) is 1.64. The van der Waals surface area contributed by atoms with Gasteiger partial charge in [-0.1, -0.05) is 23.7 Å². The number of piperidine rings is 1. The lowest BCUT2D eigenvalue weighted by molar-refractivity contribution is -0.126. The van der Waals surface area contributed by atoms with Crippen LogP contribution in [0.2, 0.25) is 5.02 Å². The van der Waals surface area contributed by atoms with E-state index in [-0.39, 0.29) is 17.6 Å². The van der Waals surface area contributed by atoms with E-state index in [2.05, 4.69) is 5.32 Å². The minimum absolute atomic E-state index is 0.0261. The smallest absolute Gasteiger partial charge is 0.223 e. The van der Waals surface area contributed by atoms with Gasteiger partial charge in [0.05, 0.1) is 12.4 Å². The molecule has 0 aromatic heterocycles. The molecule has 0 aliphatic carbocycles. The number of rotatable bonds is 7. The summed E-state index contributed by atoms with van der Waals surface area (Å²) in [6.07, 6.45) is 1.08. The number of hydrogen-bond acceptors (Lipinski definition) is 4. The van der Waals surface area contributed by atoms with E-state index in [4.69, 9.17) is 16.3 Å². The van der Waals surface area contributed by atoms with Crippen LogP contribution < -0.4 is 5.32 Å². The van der Waals surface area contributed by atoms with Crippen LogP contribution in [0.15, 0.2) is 24.3 Å². The number of sulfonamides is 1. The molecule has 0 atom stereocenters. The topological polar surface area (TPSA) is 75.7 Å². The number of carbonyl (C=O) groups is 1. The molecule has 2 rings (SSSR count). The van der Waals surface area contributed by atoms with Gasteiger partial charge in [0.15, 0.2) is 0 Å². The molecule has 8 heteroatoms. The van der Waals surface area contributed by atoms with Crippen LogP contribution >= 0.6 is 11.6 Å². The van der Waals surface area contributed by atoms with E-state index in [1.165, 1.54) is 4.31 Å². The molecule has 0 spiro atoms. The van der Waals surface area contributed by atoms with Crippen LogP contribution in [0.25, 0.3) is 0 Å². The number of ether oxygens (including phenoxy) is 1. The van der Waals surface area contributed by atoms with E-state index in [0.29, 0.717) is 49.7 Å². The first-order valence-corrected chi connectivity index (χ1v) is 9.90. The Morgan fingerprint density at radius 2 is 1.92 bits per heavy atom. The van der Waals surface area contributed by atoms with Crippen molar-refractivity contribution in [3.8, 4) is 0 Å². The summed E-state index contributed by atoms with van der Waals surface area (Å²) in [5, 5.41) is 3.39. The molecule has 0 saturated carbocycles. The highest BCUT2D eigenvalue weighted by Gasteiger charge is 2.30. The van der Waals surface area contributed by atoms with Gasteiger partial charge in [0, 0.05) is 37.7 Å². The van der Waals surface area contributed by atoms with Gasteiger partial charge in [-0.15, -0.1) is 0 Å². The van der Waals surface area contributed by atoms with E-state index < -0.39 is 10.0 Å². The minimum Gasteiger partial charge on any atom is -0.383 e. The quantitative estimate of drug-likeness (QED) is 0.736. The maximum Gasteiger partial charge on any atom is 0.223 e. The number of hydrogen-bond donors (Lipinski definition) is 1. The van der Waals surface area contributed by atoms with Crippen LogP contribution in [0, 0.1) is 5.92 Å². The number of methoxy groups -OCH3 is 1. The highest BCUT2D eigenvalue weighted by atomic mass is 35.5. The van der Waals surface area contributed by atoms with E-state index in [1.54, 1.807) is 31.4 Å². The standard InChI is InChI=1S/C16H23ClN2O4S/c1-23-11-8-18-16(20)14-6-9-19(10-7-14)24(21,22)12-13-2-4-15(17)5-3-13/h2-5,14H,6-12H2,1H3,(H,18,20). The Bertz CT molecular complexity index is 641. The van der Waals surface area contributed by atoms with Crippen molar-refractivity contribution < 1.29 is 17.9 Å². The molecule has 1 aliphatic heterocycles. The number of nitrogens with zero attached hydrogens (tertiary/aromatic N) is 1. The number of halogens is 1. The fourth-order valence-electron chi connectivity index (χ4n) is 2.70. The number of nitrogens with one attached hydrogen (secondary N) is 1. The summed E-state index contributed by atoms with van der Waals surface area (Å²) in [5.41, 5.74) is 0.707. The van der Waals surface area contributed by atoms with Gasteiger partial charge in [0.2, 0.25) is 15.9 Å². The van der Waals surface area contributed by atoms with Crippen molar-refractivity contribution in [2.45, 2.75) is 18.6 Å². The lowest BCUT2D eigenvalue weighted by Gasteiger charge is -2.30. The summed E-state index contributed by atoms with van der Waals surface area (Å²) < 4.78 is 31.4. The second kappa shape index (κ2) is 8.80. The molecule has 1 amide bonds. The van der Waals surface area contributed by atoms with Gasteiger partial charge >= 0.3 is 0 Å². The molecule has 1 aromatic carbocycles. The van der Waals surface area contributed by atoms with Crippen LogP contribution in [-0.4, -0.2) is 52.0 Å². The maximum atomic E-state index is 12.5. The molecule has 1 N–H and O–H groups in total. The zero-order valence-electron chi connectivity index (χ0n) is 13.7. The molecule has 1 aromatic rings. The molecule has 1 saturated heterocycles. The van der Waals surface area contributed by atoms with Crippen molar-refractivity contribution in [2.75, 3.05) is 33.4 Å². The first-order valence-electron chi connectivity index (χ1n) is 7.91. The largest absolute Gasteiger partial charge is 0.383 e. The van der Waals surface area contributed by atoms with Crippen LogP contribution in [0.3, 0.4) is 0 Å². The summed E-state index contributed by atoms with van der Waals surface area (Å²) in [6, 6.07) is 6.80. The first-order chi connectivity index (χ1) is 11.4. The van der Waals surface area contributed by atoms with Gasteiger partial charge in [0.25, 0.3) is 0 Å². The molecule has 0 unspecified atom stereocenters. The van der Waals surface area contributed by atoms with Crippen LogP contribution in [0.1, 0.15) is 18.4 Å². The van der Waals surface area contributed by atoms with E-state index >= 15 is 0 Å². The molecule has 134 valence electrons. The zero-order chi connectivity index (χ0) is 17.6. The Kier molecular flexibility index (Phi) is 7.03. The second-order valence-electron chi connectivity index (χ2n) is 5.84. The summed E-state index contributed by atoms with van der Waals surface area (Å²) in [6.45, 7) is 1.70. The van der Waals surface area contributed by atoms with Crippen LogP contribution in [0.5, 0.6) is 0 Å². The lowest BCUT2D eigenvalue weighted by Crippen LogP contribution is -2.43. The number of benzene rings is 1. The Labute approximate surface area is 148 Å². The molecular weight excluding hydrogens is 352 g/mol. The van der Waals surface area contributed by atoms with Crippen LogP contribution in [0.4, 0.5) is 0 Å². The van der Waals surface area contributed by atoms with Crippen LogP contribution in [-0.2, 0) is 25.3 Å². The Hall–Kier alpha value is -1.15. The number of amides is 1. The van der Waals surface area contributed by atoms with Gasteiger partial charge in [-0.2, -0.15) is 0 Å². The highest BCUT2D eigenvalue weighted by Crippen LogP contribution is 2.22. The maximum absolute atomic E-state index is 12.5. The minimum atomic E-state index is -3.38. The Balaban J connectivity index is 1.86. The van der Waals surface area contributed by atoms with Gasteiger partial charge in [-0.05, 0) is 30.5 Å². The van der Waals surface area contributed by atoms with Crippen molar-refractivity contribution >= 4 is 27.5 Å². The molecule has 1 heterocycles. The van der Waals surface area contributed by atoms with Crippen molar-refractivity contribution in [1.82, 2.24) is 9.62 Å². The fraction of sp³-hybridized carbons (Fsp3) is 0.562. The molecular formula is C16H23ClN2O4S. The van der Waals surface area contributed by atoms with E-state index in [0.717, 1.165) is 0 Å². The third-order valence-corrected chi connectivity index (χ3v) is 6.19. The molecule has 1 aliphatic rings. The summed E-state index contributed by atoms with van der Waals surface area (Å²) in [4.78, 5) is 12.0. The average Bonchev–Trinajstić information content (AvgIpc) is 2.57. The molecule has 1 fully saturated rings. The number of carbonyl (C=O) groups excluding carboxylic acids is 1. The zero-order valence-corrected chi connectivity index (χ0v) is 15.3. The van der Waals surface area contributed by atoms with E-state index in [9.17, 15) is 13.2 Å². The normalized spacial score (nSPS) is 16.9. The van der Waals surface area contributed by atoms with Gasteiger partial charge in [-0.25, -0.2) is 12.7 Å². The predicted molar refractivity (Wildman–Crippen MR) is 93.3 cm³/mol. The SMILES string of the molecule is COCCNC(=O)C1CCN(S(=O)(=O)Cc2ccc(Cl)cc2)CC1. The molecule has 6 nitrogen and oxygen atoms in total.